The van der Waals surface area contributed by atoms with Crippen LogP contribution in [-0.4, -0.2) is 32.1 Å². The Morgan fingerprint density at radius 1 is 1.43 bits per heavy atom. The van der Waals surface area contributed by atoms with Gasteiger partial charge in [0.25, 0.3) is 0 Å². The highest BCUT2D eigenvalue weighted by Crippen LogP contribution is 2.18. The minimum absolute atomic E-state index is 0.296. The van der Waals surface area contributed by atoms with Crippen LogP contribution in [0.15, 0.2) is 18.2 Å². The zero-order chi connectivity index (χ0) is 10.6. The molecule has 0 N–H and O–H groups in total. The Bertz CT molecular complexity index is 304. The standard InChI is InChI=1S/C10H13FINO/c1-13(2)5-6-14-10-4-3-8(12)7-9(10)11/h3-4,7H,5-6H2,1-2H3. The Kier molecular flexibility index (Phi) is 4.60. The zero-order valence-corrected chi connectivity index (χ0v) is 10.4. The van der Waals surface area contributed by atoms with Crippen molar-refractivity contribution < 1.29 is 9.13 Å². The normalized spacial score (nSPS) is 10.6. The zero-order valence-electron chi connectivity index (χ0n) is 8.26. The fourth-order valence-electron chi connectivity index (χ4n) is 0.930. The summed E-state index contributed by atoms with van der Waals surface area (Å²) < 4.78 is 19.4. The molecule has 0 bridgehead atoms. The molecule has 0 spiro atoms. The molecular weight excluding hydrogens is 296 g/mol. The Labute approximate surface area is 97.2 Å². The summed E-state index contributed by atoms with van der Waals surface area (Å²) in [5, 5.41) is 0. The highest BCUT2D eigenvalue weighted by Gasteiger charge is 2.03. The molecule has 78 valence electrons. The van der Waals surface area contributed by atoms with Crippen molar-refractivity contribution in [2.45, 2.75) is 0 Å². The summed E-state index contributed by atoms with van der Waals surface area (Å²) in [5.41, 5.74) is 0. The quantitative estimate of drug-likeness (QED) is 0.792. The Morgan fingerprint density at radius 3 is 2.71 bits per heavy atom. The molecular formula is C10H13FINO. The van der Waals surface area contributed by atoms with Crippen LogP contribution in [0.1, 0.15) is 0 Å². The van der Waals surface area contributed by atoms with Crippen molar-refractivity contribution in [1.82, 2.24) is 4.90 Å². The molecule has 0 heterocycles. The van der Waals surface area contributed by atoms with Crippen molar-refractivity contribution in [3.8, 4) is 5.75 Å². The van der Waals surface area contributed by atoms with Gasteiger partial charge in [0.15, 0.2) is 11.6 Å². The van der Waals surface area contributed by atoms with E-state index >= 15 is 0 Å². The third-order valence-corrected chi connectivity index (χ3v) is 2.36. The average Bonchev–Trinajstić information content (AvgIpc) is 2.08. The molecule has 0 aliphatic heterocycles. The number of halogens is 2. The average molecular weight is 309 g/mol. The van der Waals surface area contributed by atoms with Gasteiger partial charge in [0.2, 0.25) is 0 Å². The summed E-state index contributed by atoms with van der Waals surface area (Å²) in [6.07, 6.45) is 0. The van der Waals surface area contributed by atoms with E-state index in [1.54, 1.807) is 6.07 Å². The van der Waals surface area contributed by atoms with Crippen LogP contribution in [0.4, 0.5) is 4.39 Å². The lowest BCUT2D eigenvalue weighted by atomic mass is 10.3. The number of nitrogens with zero attached hydrogens (tertiary/aromatic N) is 1. The number of hydrogen-bond acceptors (Lipinski definition) is 2. The summed E-state index contributed by atoms with van der Waals surface area (Å²) >= 11 is 2.07. The molecule has 0 unspecified atom stereocenters. The smallest absolute Gasteiger partial charge is 0.166 e. The second-order valence-electron chi connectivity index (χ2n) is 3.23. The van der Waals surface area contributed by atoms with Gasteiger partial charge in [-0.1, -0.05) is 0 Å². The number of rotatable bonds is 4. The highest BCUT2D eigenvalue weighted by atomic mass is 127. The first-order valence-corrected chi connectivity index (χ1v) is 5.40. The maximum atomic E-state index is 13.2. The second kappa shape index (κ2) is 5.50. The van der Waals surface area contributed by atoms with Gasteiger partial charge in [-0.2, -0.15) is 0 Å². The minimum Gasteiger partial charge on any atom is -0.489 e. The predicted molar refractivity (Wildman–Crippen MR) is 63.2 cm³/mol. The van der Waals surface area contributed by atoms with Crippen molar-refractivity contribution in [1.29, 1.82) is 0 Å². The molecule has 1 rings (SSSR count). The van der Waals surface area contributed by atoms with Gasteiger partial charge >= 0.3 is 0 Å². The summed E-state index contributed by atoms with van der Waals surface area (Å²) in [6, 6.07) is 4.95. The van der Waals surface area contributed by atoms with Crippen molar-refractivity contribution in [3.63, 3.8) is 0 Å². The van der Waals surface area contributed by atoms with Crippen LogP contribution in [0.3, 0.4) is 0 Å². The monoisotopic (exact) mass is 309 g/mol. The van der Waals surface area contributed by atoms with Gasteiger partial charge in [0.05, 0.1) is 0 Å². The summed E-state index contributed by atoms with van der Waals surface area (Å²) in [7, 11) is 3.90. The van der Waals surface area contributed by atoms with Crippen molar-refractivity contribution in [2.75, 3.05) is 27.2 Å². The third kappa shape index (κ3) is 3.79. The van der Waals surface area contributed by atoms with E-state index in [4.69, 9.17) is 4.74 Å². The van der Waals surface area contributed by atoms with Gasteiger partial charge in [-0.15, -0.1) is 0 Å². The van der Waals surface area contributed by atoms with Crippen LogP contribution in [-0.2, 0) is 0 Å². The predicted octanol–water partition coefficient (Wildman–Crippen LogP) is 2.37. The summed E-state index contributed by atoms with van der Waals surface area (Å²) in [6.45, 7) is 1.29. The molecule has 14 heavy (non-hydrogen) atoms. The van der Waals surface area contributed by atoms with Crippen LogP contribution in [0, 0.1) is 9.39 Å². The Balaban J connectivity index is 2.51. The molecule has 0 saturated heterocycles. The molecule has 1 aromatic carbocycles. The van der Waals surface area contributed by atoms with Crippen molar-refractivity contribution in [3.05, 3.63) is 27.6 Å². The summed E-state index contributed by atoms with van der Waals surface area (Å²) in [5.74, 6) is 0.0305. The van der Waals surface area contributed by atoms with E-state index < -0.39 is 0 Å². The molecule has 0 atom stereocenters. The maximum absolute atomic E-state index is 13.2. The first kappa shape index (κ1) is 11.7. The van der Waals surface area contributed by atoms with Gasteiger partial charge in [0.1, 0.15) is 6.61 Å². The topological polar surface area (TPSA) is 12.5 Å². The van der Waals surface area contributed by atoms with Crippen LogP contribution >= 0.6 is 22.6 Å². The first-order valence-electron chi connectivity index (χ1n) is 4.32. The summed E-state index contributed by atoms with van der Waals surface area (Å²) in [4.78, 5) is 1.99. The van der Waals surface area contributed by atoms with E-state index in [1.165, 1.54) is 6.07 Å². The Hall–Kier alpha value is -0.360. The van der Waals surface area contributed by atoms with Gasteiger partial charge in [-0.3, -0.25) is 0 Å². The van der Waals surface area contributed by atoms with E-state index in [-0.39, 0.29) is 5.82 Å². The van der Waals surface area contributed by atoms with E-state index in [0.29, 0.717) is 12.4 Å². The van der Waals surface area contributed by atoms with Gasteiger partial charge in [0, 0.05) is 10.1 Å². The molecule has 1 aromatic rings. The molecule has 0 aromatic heterocycles. The lowest BCUT2D eigenvalue weighted by molar-refractivity contribution is 0.252. The maximum Gasteiger partial charge on any atom is 0.166 e. The van der Waals surface area contributed by atoms with E-state index in [1.807, 2.05) is 25.1 Å². The molecule has 0 aliphatic rings. The van der Waals surface area contributed by atoms with Crippen LogP contribution < -0.4 is 4.74 Å². The minimum atomic E-state index is -0.296. The molecule has 0 radical (unpaired) electrons. The largest absolute Gasteiger partial charge is 0.489 e. The van der Waals surface area contributed by atoms with Crippen molar-refractivity contribution in [2.24, 2.45) is 0 Å². The number of likely N-dealkylation sites (N-methyl/N-ethyl adjacent to an activating group) is 1. The number of benzene rings is 1. The SMILES string of the molecule is CN(C)CCOc1ccc(I)cc1F. The lowest BCUT2D eigenvalue weighted by Crippen LogP contribution is -2.19. The van der Waals surface area contributed by atoms with Crippen molar-refractivity contribution >= 4 is 22.6 Å². The molecule has 0 aliphatic carbocycles. The first-order chi connectivity index (χ1) is 6.59. The van der Waals surface area contributed by atoms with Crippen LogP contribution in [0.5, 0.6) is 5.75 Å². The van der Waals surface area contributed by atoms with E-state index in [9.17, 15) is 4.39 Å². The molecule has 0 amide bonds. The van der Waals surface area contributed by atoms with E-state index in [0.717, 1.165) is 10.1 Å². The molecule has 4 heteroatoms. The van der Waals surface area contributed by atoms with Gasteiger partial charge in [-0.05, 0) is 54.9 Å². The number of hydrogen-bond donors (Lipinski definition) is 0. The highest BCUT2D eigenvalue weighted by molar-refractivity contribution is 14.1. The molecule has 0 fully saturated rings. The van der Waals surface area contributed by atoms with Crippen LogP contribution in [0.25, 0.3) is 0 Å². The fourth-order valence-corrected chi connectivity index (χ4v) is 1.38. The third-order valence-electron chi connectivity index (χ3n) is 1.69. The lowest BCUT2D eigenvalue weighted by Gasteiger charge is -2.11. The Morgan fingerprint density at radius 2 is 2.14 bits per heavy atom. The molecule has 2 nitrogen and oxygen atoms in total. The molecule has 0 saturated carbocycles. The van der Waals surface area contributed by atoms with Gasteiger partial charge in [-0.25, -0.2) is 4.39 Å². The van der Waals surface area contributed by atoms with Gasteiger partial charge < -0.3 is 9.64 Å². The fraction of sp³-hybridized carbons (Fsp3) is 0.400. The number of ether oxygens (including phenoxy) is 1. The van der Waals surface area contributed by atoms with Crippen LogP contribution in [0.2, 0.25) is 0 Å². The second-order valence-corrected chi connectivity index (χ2v) is 4.47. The van der Waals surface area contributed by atoms with E-state index in [2.05, 4.69) is 22.6 Å².